The third-order valence-corrected chi connectivity index (χ3v) is 5.86. The number of aromatic carboxylic acids is 1. The number of methoxy groups -OCH3 is 1. The number of benzene rings is 2. The highest BCUT2D eigenvalue weighted by Gasteiger charge is 2.14. The van der Waals surface area contributed by atoms with Gasteiger partial charge in [-0.2, -0.15) is 0 Å². The minimum Gasteiger partial charge on any atom is -0.496 e. The Morgan fingerprint density at radius 3 is 2.56 bits per heavy atom. The van der Waals surface area contributed by atoms with E-state index in [1.165, 1.54) is 12.3 Å². The molecule has 6 nitrogen and oxygen atoms in total. The molecule has 2 heterocycles. The van der Waals surface area contributed by atoms with Crippen molar-refractivity contribution < 1.29 is 19.4 Å². The number of pyridine rings is 1. The maximum atomic E-state index is 12.9. The number of carbonyl (C=O) groups is 2. The van der Waals surface area contributed by atoms with Crippen molar-refractivity contribution in [1.29, 1.82) is 0 Å². The lowest BCUT2D eigenvalue weighted by Crippen LogP contribution is -2.06. The molecule has 7 heteroatoms. The fourth-order valence-corrected chi connectivity index (χ4v) is 4.07. The summed E-state index contributed by atoms with van der Waals surface area (Å²) < 4.78 is 5.46. The molecule has 4 aromatic rings. The number of carbonyl (C=O) groups excluding carboxylic acids is 1. The zero-order valence-corrected chi connectivity index (χ0v) is 18.1. The van der Waals surface area contributed by atoms with Gasteiger partial charge in [0.2, 0.25) is 0 Å². The zero-order chi connectivity index (χ0) is 22.5. The summed E-state index contributed by atoms with van der Waals surface area (Å²) in [4.78, 5) is 29.5. The lowest BCUT2D eigenvalue weighted by molar-refractivity contribution is 0.0697. The van der Waals surface area contributed by atoms with E-state index in [9.17, 15) is 14.7 Å². The molecule has 0 fully saturated rings. The van der Waals surface area contributed by atoms with Gasteiger partial charge in [-0.15, -0.1) is 11.3 Å². The molecule has 0 aliphatic carbocycles. The second-order valence-corrected chi connectivity index (χ2v) is 7.96. The first-order chi connectivity index (χ1) is 15.5. The number of hydrogen-bond donors (Lipinski definition) is 2. The number of ketones is 1. The number of carboxylic acid groups (broad SMARTS) is 1. The largest absolute Gasteiger partial charge is 0.496 e. The molecule has 0 radical (unpaired) electrons. The van der Waals surface area contributed by atoms with Crippen LogP contribution in [0.2, 0.25) is 0 Å². The molecular weight excluding hydrogens is 424 g/mol. The monoisotopic (exact) mass is 444 g/mol. The second kappa shape index (κ2) is 9.45. The molecule has 0 aliphatic rings. The number of hydrogen-bond acceptors (Lipinski definition) is 6. The molecule has 0 unspecified atom stereocenters. The molecule has 0 aliphatic heterocycles. The topological polar surface area (TPSA) is 88.5 Å². The van der Waals surface area contributed by atoms with Gasteiger partial charge in [0.25, 0.3) is 0 Å². The van der Waals surface area contributed by atoms with Crippen LogP contribution in [0.5, 0.6) is 5.75 Å². The van der Waals surface area contributed by atoms with Crippen molar-refractivity contribution >= 4 is 34.6 Å². The minimum atomic E-state index is -1.06. The van der Waals surface area contributed by atoms with Crippen LogP contribution >= 0.6 is 11.3 Å². The zero-order valence-electron chi connectivity index (χ0n) is 17.2. The molecule has 2 aromatic heterocycles. The third kappa shape index (κ3) is 4.68. The summed E-state index contributed by atoms with van der Waals surface area (Å²) in [5, 5.41) is 14.3. The van der Waals surface area contributed by atoms with Crippen molar-refractivity contribution in [3.8, 4) is 16.2 Å². The van der Waals surface area contributed by atoms with Crippen LogP contribution in [0.3, 0.4) is 0 Å². The van der Waals surface area contributed by atoms with E-state index < -0.39 is 5.97 Å². The van der Waals surface area contributed by atoms with Crippen molar-refractivity contribution in [2.45, 2.75) is 6.42 Å². The van der Waals surface area contributed by atoms with Gasteiger partial charge in [0, 0.05) is 34.3 Å². The smallest absolute Gasteiger partial charge is 0.339 e. The lowest BCUT2D eigenvalue weighted by Gasteiger charge is -2.11. The van der Waals surface area contributed by atoms with E-state index in [1.54, 1.807) is 48.8 Å². The Labute approximate surface area is 189 Å². The highest BCUT2D eigenvalue weighted by Crippen LogP contribution is 2.30. The summed E-state index contributed by atoms with van der Waals surface area (Å²) >= 11 is 1.64. The highest BCUT2D eigenvalue weighted by atomic mass is 32.1. The van der Waals surface area contributed by atoms with Gasteiger partial charge in [-0.1, -0.05) is 6.07 Å². The van der Waals surface area contributed by atoms with E-state index >= 15 is 0 Å². The van der Waals surface area contributed by atoms with Crippen LogP contribution in [-0.2, 0) is 6.42 Å². The SMILES string of the molecule is COc1ccc(-c2cccs2)cc1CC(=O)c1ccc(Nc2ncccc2C(=O)O)cc1. The molecule has 160 valence electrons. The summed E-state index contributed by atoms with van der Waals surface area (Å²) in [5.74, 6) is -0.184. The van der Waals surface area contributed by atoms with Crippen LogP contribution in [0.1, 0.15) is 26.3 Å². The van der Waals surface area contributed by atoms with Gasteiger partial charge < -0.3 is 15.2 Å². The van der Waals surface area contributed by atoms with Gasteiger partial charge in [-0.05, 0) is 71.6 Å². The van der Waals surface area contributed by atoms with Gasteiger partial charge in [0.15, 0.2) is 5.78 Å². The van der Waals surface area contributed by atoms with Gasteiger partial charge in [-0.25, -0.2) is 9.78 Å². The maximum absolute atomic E-state index is 12.9. The van der Waals surface area contributed by atoms with Crippen molar-refractivity contribution in [2.24, 2.45) is 0 Å². The fourth-order valence-electron chi connectivity index (χ4n) is 3.34. The number of thiophene rings is 1. The summed E-state index contributed by atoms with van der Waals surface area (Å²) in [6.07, 6.45) is 1.73. The van der Waals surface area contributed by atoms with Crippen molar-refractivity contribution in [3.63, 3.8) is 0 Å². The number of nitrogens with zero attached hydrogens (tertiary/aromatic N) is 1. The Hall–Kier alpha value is -3.97. The number of Topliss-reactive ketones (excluding diaryl/α,β-unsaturated/α-hetero) is 1. The predicted octanol–water partition coefficient (Wildman–Crippen LogP) is 5.69. The number of rotatable bonds is 8. The first-order valence-electron chi connectivity index (χ1n) is 9.84. The number of nitrogens with one attached hydrogen (secondary N) is 1. The van der Waals surface area contributed by atoms with E-state index in [0.29, 0.717) is 17.0 Å². The summed E-state index contributed by atoms with van der Waals surface area (Å²) in [5.41, 5.74) is 3.14. The standard InChI is InChI=1S/C25H20N2O4S/c1-31-22-11-8-17(23-5-3-13-32-23)14-18(22)15-21(28)16-6-9-19(10-7-16)27-24-20(25(29)30)4-2-12-26-24/h2-14H,15H2,1H3,(H,26,27)(H,29,30). The molecule has 32 heavy (non-hydrogen) atoms. The van der Waals surface area contributed by atoms with Gasteiger partial charge in [0.05, 0.1) is 7.11 Å². The van der Waals surface area contributed by atoms with Crippen LogP contribution in [0.15, 0.2) is 78.3 Å². The Kier molecular flexibility index (Phi) is 6.28. The van der Waals surface area contributed by atoms with Crippen LogP contribution in [0.4, 0.5) is 11.5 Å². The van der Waals surface area contributed by atoms with E-state index in [4.69, 9.17) is 4.74 Å². The minimum absolute atomic E-state index is 0.0396. The Morgan fingerprint density at radius 1 is 1.06 bits per heavy atom. The van der Waals surface area contributed by atoms with Crippen molar-refractivity contribution in [2.75, 3.05) is 12.4 Å². The average molecular weight is 445 g/mol. The predicted molar refractivity (Wildman–Crippen MR) is 125 cm³/mol. The molecule has 0 bridgehead atoms. The van der Waals surface area contributed by atoms with E-state index in [-0.39, 0.29) is 23.6 Å². The highest BCUT2D eigenvalue weighted by molar-refractivity contribution is 7.13. The van der Waals surface area contributed by atoms with Crippen LogP contribution in [-0.4, -0.2) is 29.0 Å². The Balaban J connectivity index is 1.51. The third-order valence-electron chi connectivity index (χ3n) is 4.94. The van der Waals surface area contributed by atoms with E-state index in [0.717, 1.165) is 16.0 Å². The fraction of sp³-hybridized carbons (Fsp3) is 0.0800. The van der Waals surface area contributed by atoms with Gasteiger partial charge in [-0.3, -0.25) is 4.79 Å². The maximum Gasteiger partial charge on any atom is 0.339 e. The Morgan fingerprint density at radius 2 is 1.88 bits per heavy atom. The van der Waals surface area contributed by atoms with E-state index in [2.05, 4.69) is 10.3 Å². The first-order valence-corrected chi connectivity index (χ1v) is 10.7. The summed E-state index contributed by atoms with van der Waals surface area (Å²) in [6.45, 7) is 0. The van der Waals surface area contributed by atoms with Crippen LogP contribution < -0.4 is 10.1 Å². The number of aromatic nitrogens is 1. The molecule has 0 saturated heterocycles. The molecule has 2 N–H and O–H groups in total. The number of anilines is 2. The normalized spacial score (nSPS) is 10.5. The summed E-state index contributed by atoms with van der Waals surface area (Å²) in [7, 11) is 1.59. The van der Waals surface area contributed by atoms with E-state index in [1.807, 2.05) is 35.7 Å². The molecule has 0 spiro atoms. The number of carboxylic acids is 1. The van der Waals surface area contributed by atoms with Crippen molar-refractivity contribution in [1.82, 2.24) is 4.98 Å². The van der Waals surface area contributed by atoms with Gasteiger partial charge >= 0.3 is 5.97 Å². The second-order valence-electron chi connectivity index (χ2n) is 7.01. The Bertz CT molecular complexity index is 1250. The van der Waals surface area contributed by atoms with Gasteiger partial charge in [0.1, 0.15) is 17.1 Å². The molecule has 2 aromatic carbocycles. The molecule has 0 amide bonds. The molecular formula is C25H20N2O4S. The molecule has 4 rings (SSSR count). The average Bonchev–Trinajstić information content (AvgIpc) is 3.35. The quantitative estimate of drug-likeness (QED) is 0.340. The molecule has 0 atom stereocenters. The summed E-state index contributed by atoms with van der Waals surface area (Å²) in [6, 6.07) is 19.8. The lowest BCUT2D eigenvalue weighted by atomic mass is 9.99. The molecule has 0 saturated carbocycles. The van der Waals surface area contributed by atoms with Crippen LogP contribution in [0.25, 0.3) is 10.4 Å². The van der Waals surface area contributed by atoms with Crippen LogP contribution in [0, 0.1) is 0 Å². The first kappa shape index (κ1) is 21.3. The number of ether oxygens (including phenoxy) is 1. The van der Waals surface area contributed by atoms with Crippen molar-refractivity contribution in [3.05, 3.63) is 95.0 Å².